The average Bonchev–Trinajstić information content (AvgIpc) is 3.35. The Labute approximate surface area is 224 Å². The summed E-state index contributed by atoms with van der Waals surface area (Å²) >= 11 is 0. The molecule has 38 heavy (non-hydrogen) atoms. The third-order valence-corrected chi connectivity index (χ3v) is 6.37. The van der Waals surface area contributed by atoms with Crippen molar-refractivity contribution in [1.29, 1.82) is 0 Å². The minimum absolute atomic E-state index is 0.323. The van der Waals surface area contributed by atoms with Crippen LogP contribution in [0.25, 0.3) is 32.9 Å². The lowest BCUT2D eigenvalue weighted by molar-refractivity contribution is -0.883. The summed E-state index contributed by atoms with van der Waals surface area (Å²) in [4.78, 5) is 32.1. The summed E-state index contributed by atoms with van der Waals surface area (Å²) < 4.78 is 12.0. The Hall–Kier alpha value is -3.62. The maximum atomic E-state index is 12.8. The van der Waals surface area contributed by atoms with Gasteiger partial charge in [-0.3, -0.25) is 0 Å². The molecule has 0 saturated heterocycles. The number of nitrogens with one attached hydrogen (secondary N) is 2. The summed E-state index contributed by atoms with van der Waals surface area (Å²) in [5.41, 5.74) is 6.79. The number of esters is 2. The fourth-order valence-electron chi connectivity index (χ4n) is 4.89. The standard InChI is InChI=1S/C30H38N4O4/c1-9-37-29(35)27-23(17-33(3,4)5)21-15-19(11-13-25(21)31-27)20-12-14-26-22(16-20)24(18-34(6,7)8)28(32-26)30(36)38-10-2/h11-16H,9-10,17-18H2,1-8H3/p+2. The second-order valence-corrected chi connectivity index (χ2v) is 11.8. The molecule has 8 nitrogen and oxygen atoms in total. The second-order valence-electron chi connectivity index (χ2n) is 11.8. The van der Waals surface area contributed by atoms with Gasteiger partial charge in [-0.15, -0.1) is 0 Å². The molecule has 8 heteroatoms. The molecule has 2 heterocycles. The van der Waals surface area contributed by atoms with Crippen LogP contribution >= 0.6 is 0 Å². The van der Waals surface area contributed by atoms with E-state index in [2.05, 4.69) is 76.5 Å². The predicted molar refractivity (Wildman–Crippen MR) is 151 cm³/mol. The number of benzene rings is 2. The number of carbonyl (C=O) groups is 2. The van der Waals surface area contributed by atoms with Gasteiger partial charge in [-0.2, -0.15) is 0 Å². The molecular weight excluding hydrogens is 480 g/mol. The molecule has 4 rings (SSSR count). The summed E-state index contributed by atoms with van der Waals surface area (Å²) in [6.07, 6.45) is 0. The number of ether oxygens (including phenoxy) is 2. The fourth-order valence-corrected chi connectivity index (χ4v) is 4.89. The first-order chi connectivity index (χ1) is 17.8. The van der Waals surface area contributed by atoms with Crippen LogP contribution in [0.1, 0.15) is 46.0 Å². The van der Waals surface area contributed by atoms with Crippen LogP contribution in [0.15, 0.2) is 36.4 Å². The number of nitrogens with zero attached hydrogens (tertiary/aromatic N) is 2. The molecule has 0 aliphatic carbocycles. The zero-order valence-corrected chi connectivity index (χ0v) is 23.8. The average molecular weight is 521 g/mol. The summed E-state index contributed by atoms with van der Waals surface area (Å²) in [5, 5.41) is 2.01. The Morgan fingerprint density at radius 2 is 1.03 bits per heavy atom. The summed E-state index contributed by atoms with van der Waals surface area (Å²) in [6.45, 7) is 5.62. The highest BCUT2D eigenvalue weighted by atomic mass is 16.5. The highest BCUT2D eigenvalue weighted by molar-refractivity contribution is 6.01. The fraction of sp³-hybridized carbons (Fsp3) is 0.400. The Morgan fingerprint density at radius 3 is 1.34 bits per heavy atom. The van der Waals surface area contributed by atoms with E-state index < -0.39 is 0 Å². The van der Waals surface area contributed by atoms with E-state index in [9.17, 15) is 9.59 Å². The summed E-state index contributed by atoms with van der Waals surface area (Å²) in [7, 11) is 12.6. The van der Waals surface area contributed by atoms with E-state index in [4.69, 9.17) is 9.47 Å². The largest absolute Gasteiger partial charge is 0.461 e. The number of carbonyl (C=O) groups excluding carboxylic acids is 2. The van der Waals surface area contributed by atoms with Crippen molar-refractivity contribution in [2.75, 3.05) is 55.5 Å². The first kappa shape index (κ1) is 27.4. The van der Waals surface area contributed by atoms with Crippen molar-refractivity contribution >= 4 is 33.7 Å². The molecule has 0 spiro atoms. The summed E-state index contributed by atoms with van der Waals surface area (Å²) in [5.74, 6) is -0.669. The molecule has 0 aliphatic rings. The molecule has 2 N–H and O–H groups in total. The Kier molecular flexibility index (Phi) is 7.41. The van der Waals surface area contributed by atoms with Crippen LogP contribution in [0.2, 0.25) is 0 Å². The van der Waals surface area contributed by atoms with Crippen LogP contribution < -0.4 is 0 Å². The zero-order valence-electron chi connectivity index (χ0n) is 23.8. The van der Waals surface area contributed by atoms with E-state index in [-0.39, 0.29) is 11.9 Å². The van der Waals surface area contributed by atoms with Crippen LogP contribution in [0.5, 0.6) is 0 Å². The van der Waals surface area contributed by atoms with Crippen molar-refractivity contribution in [3.63, 3.8) is 0 Å². The van der Waals surface area contributed by atoms with Crippen LogP contribution in [-0.4, -0.2) is 86.4 Å². The monoisotopic (exact) mass is 520 g/mol. The van der Waals surface area contributed by atoms with Crippen molar-refractivity contribution in [3.05, 3.63) is 58.9 Å². The van der Waals surface area contributed by atoms with Gasteiger partial charge in [-0.05, 0) is 49.2 Å². The smallest absolute Gasteiger partial charge is 0.355 e. The maximum absolute atomic E-state index is 12.8. The van der Waals surface area contributed by atoms with E-state index in [1.54, 1.807) is 0 Å². The van der Waals surface area contributed by atoms with E-state index in [0.29, 0.717) is 46.7 Å². The number of hydrogen-bond acceptors (Lipinski definition) is 4. The van der Waals surface area contributed by atoms with Gasteiger partial charge in [0.15, 0.2) is 0 Å². The molecule has 0 aliphatic heterocycles. The SMILES string of the molecule is CCOC(=O)c1[nH]c2ccc(-c3ccc4[nH]c(C(=O)OCC)c(C[N+](C)(C)C)c4c3)cc2c1C[N+](C)(C)C. The number of H-pyrrole nitrogens is 2. The van der Waals surface area contributed by atoms with E-state index in [0.717, 1.165) is 44.1 Å². The van der Waals surface area contributed by atoms with Crippen LogP contribution in [0.3, 0.4) is 0 Å². The number of fused-ring (bicyclic) bond motifs is 2. The molecule has 2 aromatic heterocycles. The highest BCUT2D eigenvalue weighted by Gasteiger charge is 2.26. The van der Waals surface area contributed by atoms with Gasteiger partial charge >= 0.3 is 11.9 Å². The van der Waals surface area contributed by atoms with Crippen LogP contribution in [0.4, 0.5) is 0 Å². The first-order valence-corrected chi connectivity index (χ1v) is 13.1. The van der Waals surface area contributed by atoms with Crippen LogP contribution in [0, 0.1) is 0 Å². The van der Waals surface area contributed by atoms with Gasteiger partial charge in [0.2, 0.25) is 0 Å². The molecule has 0 saturated carbocycles. The minimum atomic E-state index is -0.334. The van der Waals surface area contributed by atoms with Crippen molar-refractivity contribution in [2.24, 2.45) is 0 Å². The number of hydrogen-bond donors (Lipinski definition) is 2. The molecular formula is C30H40N4O4+2. The van der Waals surface area contributed by atoms with Crippen molar-refractivity contribution in [2.45, 2.75) is 26.9 Å². The lowest BCUT2D eigenvalue weighted by Gasteiger charge is -2.24. The molecule has 0 amide bonds. The third-order valence-electron chi connectivity index (χ3n) is 6.37. The molecule has 4 aromatic rings. The quantitative estimate of drug-likeness (QED) is 0.238. The Morgan fingerprint density at radius 1 is 0.658 bits per heavy atom. The second kappa shape index (κ2) is 10.3. The Bertz CT molecular complexity index is 1380. The topological polar surface area (TPSA) is 84.2 Å². The Balaban J connectivity index is 1.87. The normalized spacial score (nSPS) is 12.3. The number of aromatic nitrogens is 2. The lowest BCUT2D eigenvalue weighted by Crippen LogP contribution is -2.34. The molecule has 0 fully saturated rings. The van der Waals surface area contributed by atoms with Gasteiger partial charge in [0.25, 0.3) is 0 Å². The van der Waals surface area contributed by atoms with Crippen molar-refractivity contribution in [3.8, 4) is 11.1 Å². The zero-order chi connectivity index (χ0) is 27.8. The molecule has 202 valence electrons. The molecule has 0 bridgehead atoms. The molecule has 2 aromatic carbocycles. The maximum Gasteiger partial charge on any atom is 0.355 e. The molecule has 0 atom stereocenters. The van der Waals surface area contributed by atoms with Gasteiger partial charge in [0.1, 0.15) is 24.5 Å². The van der Waals surface area contributed by atoms with E-state index in [1.807, 2.05) is 26.0 Å². The third kappa shape index (κ3) is 5.76. The van der Waals surface area contributed by atoms with Gasteiger partial charge < -0.3 is 28.4 Å². The first-order valence-electron chi connectivity index (χ1n) is 13.1. The number of rotatable bonds is 9. The van der Waals surface area contributed by atoms with Gasteiger partial charge in [-0.25, -0.2) is 9.59 Å². The number of aromatic amines is 2. The number of quaternary nitrogens is 2. The molecule has 0 unspecified atom stereocenters. The van der Waals surface area contributed by atoms with Gasteiger partial charge in [0.05, 0.1) is 55.5 Å². The van der Waals surface area contributed by atoms with Gasteiger partial charge in [0, 0.05) is 32.9 Å². The predicted octanol–water partition coefficient (Wildman–Crippen LogP) is 5.08. The summed E-state index contributed by atoms with van der Waals surface area (Å²) in [6, 6.07) is 12.4. The van der Waals surface area contributed by atoms with Crippen molar-refractivity contribution in [1.82, 2.24) is 9.97 Å². The highest BCUT2D eigenvalue weighted by Crippen LogP contribution is 2.34. The van der Waals surface area contributed by atoms with Gasteiger partial charge in [-0.1, -0.05) is 12.1 Å². The van der Waals surface area contributed by atoms with E-state index >= 15 is 0 Å². The molecule has 0 radical (unpaired) electrons. The van der Waals surface area contributed by atoms with E-state index in [1.165, 1.54) is 0 Å². The lowest BCUT2D eigenvalue weighted by atomic mass is 9.99. The van der Waals surface area contributed by atoms with Crippen molar-refractivity contribution < 1.29 is 28.0 Å². The van der Waals surface area contributed by atoms with Crippen LogP contribution in [-0.2, 0) is 22.6 Å². The minimum Gasteiger partial charge on any atom is -0.461 e.